The largest absolute Gasteiger partial charge is 0.494 e. The minimum atomic E-state index is -3.48. The van der Waals surface area contributed by atoms with Gasteiger partial charge in [-0.25, -0.2) is 8.42 Å². The number of fused-ring (bicyclic) bond motifs is 1. The van der Waals surface area contributed by atoms with Gasteiger partial charge >= 0.3 is 11.9 Å². The third-order valence-corrected chi connectivity index (χ3v) is 10.9. The highest BCUT2D eigenvalue weighted by atomic mass is 32.2. The van der Waals surface area contributed by atoms with E-state index < -0.39 is 21.8 Å². The summed E-state index contributed by atoms with van der Waals surface area (Å²) in [6, 6.07) is 13.9. The number of rotatable bonds is 19. The third kappa shape index (κ3) is 11.3. The highest BCUT2D eigenvalue weighted by Crippen LogP contribution is 2.50. The molecule has 1 heterocycles. The molecule has 0 aliphatic carbocycles. The molecule has 0 aromatic heterocycles. The molecule has 1 aliphatic rings. The molecule has 258 valence electrons. The van der Waals surface area contributed by atoms with Crippen LogP contribution >= 0.6 is 0 Å². The van der Waals surface area contributed by atoms with Crippen LogP contribution in [0, 0.1) is 5.41 Å². The van der Waals surface area contributed by atoms with Crippen molar-refractivity contribution in [3.63, 3.8) is 0 Å². The van der Waals surface area contributed by atoms with Gasteiger partial charge in [-0.1, -0.05) is 51.7 Å². The van der Waals surface area contributed by atoms with Crippen LogP contribution in [0.3, 0.4) is 0 Å². The Labute approximate surface area is 275 Å². The van der Waals surface area contributed by atoms with Crippen LogP contribution in [0.25, 0.3) is 0 Å². The maximum atomic E-state index is 14.0. The molecule has 0 unspecified atom stereocenters. The molecule has 3 rings (SSSR count). The second-order valence-corrected chi connectivity index (χ2v) is 14.8. The second-order valence-electron chi connectivity index (χ2n) is 12.8. The van der Waals surface area contributed by atoms with Gasteiger partial charge in [0.05, 0.1) is 30.3 Å². The van der Waals surface area contributed by atoms with E-state index >= 15 is 0 Å². The van der Waals surface area contributed by atoms with Gasteiger partial charge in [-0.05, 0) is 91.9 Å². The number of nitrogens with zero attached hydrogens (tertiary/aromatic N) is 2. The second kappa shape index (κ2) is 18.3. The molecular formula is C35H54N2O8S. The smallest absolute Gasteiger partial charge is 0.317 e. The SMILES string of the molecule is CCCCC1(CCCC)C[C@H](c2ccc(OCCCCCN(CC(=O)O)CC(=O)O)cc2)c2cc(N(C)C)ccc2S(=O)(=O)C1.O. The first-order chi connectivity index (χ1) is 21.4. The minimum Gasteiger partial charge on any atom is -0.494 e. The maximum Gasteiger partial charge on any atom is 0.317 e. The fraction of sp³-hybridized carbons (Fsp3) is 0.600. The van der Waals surface area contributed by atoms with E-state index in [1.165, 1.54) is 4.90 Å². The van der Waals surface area contributed by atoms with Crippen molar-refractivity contribution in [1.82, 2.24) is 4.90 Å². The zero-order valence-electron chi connectivity index (χ0n) is 28.0. The van der Waals surface area contributed by atoms with Crippen molar-refractivity contribution in [2.24, 2.45) is 5.41 Å². The monoisotopic (exact) mass is 662 g/mol. The Balaban J connectivity index is 0.00000736. The molecule has 2 aromatic carbocycles. The topological polar surface area (TPSA) is 156 Å². The molecule has 2 aromatic rings. The van der Waals surface area contributed by atoms with Gasteiger partial charge in [0, 0.05) is 25.7 Å². The van der Waals surface area contributed by atoms with E-state index in [1.807, 2.05) is 43.3 Å². The first-order valence-corrected chi connectivity index (χ1v) is 18.0. The van der Waals surface area contributed by atoms with Gasteiger partial charge < -0.3 is 25.3 Å². The van der Waals surface area contributed by atoms with E-state index in [2.05, 4.69) is 32.0 Å². The fourth-order valence-electron chi connectivity index (χ4n) is 6.52. The van der Waals surface area contributed by atoms with Crippen LogP contribution in [0.1, 0.15) is 95.1 Å². The number of ether oxygens (including phenoxy) is 1. The van der Waals surface area contributed by atoms with Gasteiger partial charge in [0.15, 0.2) is 9.84 Å². The first kappa shape index (κ1) is 39.0. The normalized spacial score (nSPS) is 16.6. The lowest BCUT2D eigenvalue weighted by Gasteiger charge is -2.35. The Morgan fingerprint density at radius 2 is 1.50 bits per heavy atom. The summed E-state index contributed by atoms with van der Waals surface area (Å²) in [5.74, 6) is -1.20. The number of hydrogen-bond donors (Lipinski definition) is 2. The highest BCUT2D eigenvalue weighted by Gasteiger charge is 2.43. The summed E-state index contributed by atoms with van der Waals surface area (Å²) in [7, 11) is 0.470. The van der Waals surface area contributed by atoms with Crippen LogP contribution in [0.4, 0.5) is 5.69 Å². The van der Waals surface area contributed by atoms with Crippen molar-refractivity contribution < 1.29 is 38.4 Å². The molecule has 0 amide bonds. The molecule has 0 radical (unpaired) electrons. The Bertz CT molecular complexity index is 1340. The lowest BCUT2D eigenvalue weighted by Crippen LogP contribution is -2.35. The summed E-state index contributed by atoms with van der Waals surface area (Å²) in [5, 5.41) is 18.0. The predicted molar refractivity (Wildman–Crippen MR) is 182 cm³/mol. The predicted octanol–water partition coefficient (Wildman–Crippen LogP) is 5.62. The molecule has 0 bridgehead atoms. The highest BCUT2D eigenvalue weighted by molar-refractivity contribution is 7.91. The average Bonchev–Trinajstić information content (AvgIpc) is 3.08. The lowest BCUT2D eigenvalue weighted by molar-refractivity contribution is -0.141. The molecule has 11 heteroatoms. The number of aliphatic carboxylic acids is 2. The van der Waals surface area contributed by atoms with Crippen LogP contribution in [-0.4, -0.2) is 87.0 Å². The van der Waals surface area contributed by atoms with Crippen molar-refractivity contribution in [3.05, 3.63) is 53.6 Å². The quantitative estimate of drug-likeness (QED) is 0.182. The summed E-state index contributed by atoms with van der Waals surface area (Å²) < 4.78 is 34.0. The number of unbranched alkanes of at least 4 members (excludes halogenated alkanes) is 4. The number of sulfone groups is 1. The number of carbonyl (C=O) groups is 2. The van der Waals surface area contributed by atoms with Gasteiger partial charge in [-0.2, -0.15) is 0 Å². The van der Waals surface area contributed by atoms with Gasteiger partial charge in [-0.3, -0.25) is 14.5 Å². The van der Waals surface area contributed by atoms with Crippen molar-refractivity contribution in [2.45, 2.75) is 88.9 Å². The molecule has 0 saturated heterocycles. The molecule has 4 N–H and O–H groups in total. The molecular weight excluding hydrogens is 608 g/mol. The van der Waals surface area contributed by atoms with E-state index in [9.17, 15) is 18.0 Å². The zero-order chi connectivity index (χ0) is 33.0. The van der Waals surface area contributed by atoms with Crippen LogP contribution in [0.2, 0.25) is 0 Å². The first-order valence-electron chi connectivity index (χ1n) is 16.3. The van der Waals surface area contributed by atoms with Gasteiger partial charge in [0.1, 0.15) is 5.75 Å². The average molecular weight is 663 g/mol. The number of carboxylic acid groups (broad SMARTS) is 2. The molecule has 1 aliphatic heterocycles. The van der Waals surface area contributed by atoms with Gasteiger partial charge in [0.2, 0.25) is 0 Å². The Hall–Kier alpha value is -3.15. The molecule has 10 nitrogen and oxygen atoms in total. The van der Waals surface area contributed by atoms with E-state index in [0.29, 0.717) is 24.5 Å². The van der Waals surface area contributed by atoms with Crippen LogP contribution in [0.15, 0.2) is 47.4 Å². The van der Waals surface area contributed by atoms with Crippen LogP contribution < -0.4 is 9.64 Å². The fourth-order valence-corrected chi connectivity index (χ4v) is 8.73. The van der Waals surface area contributed by atoms with E-state index in [0.717, 1.165) is 80.4 Å². The zero-order valence-corrected chi connectivity index (χ0v) is 28.8. The van der Waals surface area contributed by atoms with E-state index in [4.69, 9.17) is 14.9 Å². The third-order valence-electron chi connectivity index (χ3n) is 8.86. The molecule has 0 spiro atoms. The summed E-state index contributed by atoms with van der Waals surface area (Å²) in [4.78, 5) is 25.9. The number of hydrogen-bond acceptors (Lipinski definition) is 7. The van der Waals surface area contributed by atoms with Crippen molar-refractivity contribution in [2.75, 3.05) is 51.0 Å². The minimum absolute atomic E-state index is 0. The lowest BCUT2D eigenvalue weighted by atomic mass is 9.70. The maximum absolute atomic E-state index is 14.0. The van der Waals surface area contributed by atoms with Crippen LogP contribution in [0.5, 0.6) is 5.75 Å². The Morgan fingerprint density at radius 1 is 0.891 bits per heavy atom. The number of anilines is 1. The summed E-state index contributed by atoms with van der Waals surface area (Å²) in [5.41, 5.74) is 2.67. The Kier molecular flexibility index (Phi) is 15.5. The van der Waals surface area contributed by atoms with Gasteiger partial charge in [0.25, 0.3) is 0 Å². The Morgan fingerprint density at radius 3 is 2.04 bits per heavy atom. The summed E-state index contributed by atoms with van der Waals surface area (Å²) in [6.07, 6.45) is 8.90. The standard InChI is InChI=1S/C35H52N2O7S.H2O/c1-5-7-18-35(19-8-6-2)23-31(30-22-28(36(3)4)14-17-32(30)45(42,43)26-35)27-12-15-29(16-13-27)44-21-11-9-10-20-37(24-33(38)39)25-34(40)41;/h12-17,22,31H,5-11,18-21,23-26H2,1-4H3,(H,38,39)(H,40,41);1H2/t31-;/m1./s1. The summed E-state index contributed by atoms with van der Waals surface area (Å²) in [6.45, 7) is 4.65. The van der Waals surface area contributed by atoms with Crippen molar-refractivity contribution in [1.29, 1.82) is 0 Å². The number of benzene rings is 2. The van der Waals surface area contributed by atoms with E-state index in [1.54, 1.807) is 0 Å². The molecule has 0 fully saturated rings. The molecule has 1 atom stereocenters. The molecule has 46 heavy (non-hydrogen) atoms. The molecule has 0 saturated carbocycles. The van der Waals surface area contributed by atoms with Crippen molar-refractivity contribution in [3.8, 4) is 5.75 Å². The van der Waals surface area contributed by atoms with Crippen LogP contribution in [-0.2, 0) is 19.4 Å². The van der Waals surface area contributed by atoms with Gasteiger partial charge in [-0.15, -0.1) is 0 Å². The van der Waals surface area contributed by atoms with Crippen molar-refractivity contribution >= 4 is 27.5 Å². The number of carboxylic acids is 2. The van der Waals surface area contributed by atoms with E-state index in [-0.39, 0.29) is 35.7 Å². The summed E-state index contributed by atoms with van der Waals surface area (Å²) >= 11 is 0.